The number of rotatable bonds is 4. The van der Waals surface area contributed by atoms with E-state index in [2.05, 4.69) is 0 Å². The summed E-state index contributed by atoms with van der Waals surface area (Å²) in [5, 5.41) is 0.386. The van der Waals surface area contributed by atoms with Crippen molar-refractivity contribution in [2.75, 3.05) is 11.5 Å². The van der Waals surface area contributed by atoms with Crippen LogP contribution in [-0.2, 0) is 31.1 Å². The molecule has 3 heterocycles. The number of thiazole rings is 1. The number of amides is 2. The van der Waals surface area contributed by atoms with E-state index in [1.807, 2.05) is 13.8 Å². The molecule has 2 aromatic rings. The third-order valence-electron chi connectivity index (χ3n) is 5.38. The summed E-state index contributed by atoms with van der Waals surface area (Å²) in [5.74, 6) is -1.77. The second-order valence-corrected chi connectivity index (χ2v) is 10.1. The van der Waals surface area contributed by atoms with Crippen LogP contribution in [0, 0.1) is 5.92 Å². The molecule has 2 aliphatic heterocycles. The lowest BCUT2D eigenvalue weighted by Gasteiger charge is -2.36. The van der Waals surface area contributed by atoms with Crippen molar-refractivity contribution in [2.45, 2.75) is 43.0 Å². The summed E-state index contributed by atoms with van der Waals surface area (Å²) in [4.78, 5) is 52.8. The Morgan fingerprint density at radius 2 is 1.83 bits per heavy atom. The van der Waals surface area contributed by atoms with Crippen molar-refractivity contribution in [3.63, 3.8) is 0 Å². The van der Waals surface area contributed by atoms with Gasteiger partial charge in [0.05, 0.1) is 23.2 Å². The SMILES string of the molecule is CCOC(=O)Cn1c2c(sc1=O)C(C)(C)C1C(=O)N(c3ccc(Cl)cc3)C(=O)C1S2. The highest BCUT2D eigenvalue weighted by Gasteiger charge is 2.59. The number of hydrogen-bond acceptors (Lipinski definition) is 7. The first kappa shape index (κ1) is 21.1. The van der Waals surface area contributed by atoms with E-state index >= 15 is 0 Å². The maximum atomic E-state index is 13.3. The largest absolute Gasteiger partial charge is 0.465 e. The van der Waals surface area contributed by atoms with Crippen LogP contribution in [0.25, 0.3) is 0 Å². The summed E-state index contributed by atoms with van der Waals surface area (Å²) in [6.45, 7) is 5.42. The molecule has 30 heavy (non-hydrogen) atoms. The molecule has 158 valence electrons. The monoisotopic (exact) mass is 466 g/mol. The Balaban J connectivity index is 1.75. The molecule has 1 aromatic heterocycles. The Morgan fingerprint density at radius 3 is 2.47 bits per heavy atom. The number of benzene rings is 1. The number of imide groups is 1. The molecule has 10 heteroatoms. The molecule has 0 saturated carbocycles. The molecule has 2 amide bonds. The number of carbonyl (C=O) groups excluding carboxylic acids is 3. The van der Waals surface area contributed by atoms with Gasteiger partial charge in [0.1, 0.15) is 11.8 Å². The van der Waals surface area contributed by atoms with E-state index < -0.39 is 22.6 Å². The van der Waals surface area contributed by atoms with Crippen LogP contribution in [0.4, 0.5) is 5.69 Å². The fraction of sp³-hybridized carbons (Fsp3) is 0.400. The van der Waals surface area contributed by atoms with Gasteiger partial charge in [-0.2, -0.15) is 0 Å². The Labute approximate surface area is 186 Å². The number of carbonyl (C=O) groups is 3. The number of ether oxygens (including phenoxy) is 1. The zero-order valence-electron chi connectivity index (χ0n) is 16.5. The molecule has 2 atom stereocenters. The van der Waals surface area contributed by atoms with Crippen LogP contribution in [0.2, 0.25) is 5.02 Å². The van der Waals surface area contributed by atoms with Gasteiger partial charge in [0.15, 0.2) is 0 Å². The number of aromatic nitrogens is 1. The molecular weight excluding hydrogens is 448 g/mol. The van der Waals surface area contributed by atoms with E-state index in [-0.39, 0.29) is 29.8 Å². The summed E-state index contributed by atoms with van der Waals surface area (Å²) < 4.78 is 6.33. The van der Waals surface area contributed by atoms with Crippen LogP contribution in [0.1, 0.15) is 25.6 Å². The van der Waals surface area contributed by atoms with Gasteiger partial charge < -0.3 is 4.74 Å². The predicted octanol–water partition coefficient (Wildman–Crippen LogP) is 3.07. The van der Waals surface area contributed by atoms with Crippen LogP contribution in [0.3, 0.4) is 0 Å². The summed E-state index contributed by atoms with van der Waals surface area (Å²) in [5.41, 5.74) is -0.282. The summed E-state index contributed by atoms with van der Waals surface area (Å²) in [7, 11) is 0. The molecule has 0 radical (unpaired) electrons. The smallest absolute Gasteiger partial charge is 0.326 e. The minimum atomic E-state index is -0.747. The zero-order valence-corrected chi connectivity index (χ0v) is 18.9. The molecule has 0 aliphatic carbocycles. The maximum Gasteiger partial charge on any atom is 0.326 e. The fourth-order valence-corrected chi connectivity index (χ4v) is 7.11. The summed E-state index contributed by atoms with van der Waals surface area (Å²) in [6.07, 6.45) is 0. The predicted molar refractivity (Wildman–Crippen MR) is 115 cm³/mol. The lowest BCUT2D eigenvalue weighted by atomic mass is 9.76. The molecule has 7 nitrogen and oxygen atoms in total. The van der Waals surface area contributed by atoms with Crippen molar-refractivity contribution in [3.05, 3.63) is 43.8 Å². The quantitative estimate of drug-likeness (QED) is 0.508. The molecule has 2 unspecified atom stereocenters. The molecular formula is C20H19ClN2O5S2. The third-order valence-corrected chi connectivity index (χ3v) is 8.46. The number of esters is 1. The Morgan fingerprint density at radius 1 is 1.17 bits per heavy atom. The van der Waals surface area contributed by atoms with E-state index in [1.54, 1.807) is 31.2 Å². The minimum absolute atomic E-state index is 0.215. The lowest BCUT2D eigenvalue weighted by molar-refractivity contribution is -0.144. The van der Waals surface area contributed by atoms with Crippen molar-refractivity contribution in [3.8, 4) is 0 Å². The van der Waals surface area contributed by atoms with Gasteiger partial charge in [-0.1, -0.05) is 48.5 Å². The van der Waals surface area contributed by atoms with Crippen LogP contribution in [-0.4, -0.2) is 34.2 Å². The van der Waals surface area contributed by atoms with Crippen LogP contribution < -0.4 is 9.77 Å². The van der Waals surface area contributed by atoms with Gasteiger partial charge in [0, 0.05) is 15.3 Å². The van der Waals surface area contributed by atoms with E-state index in [0.29, 0.717) is 20.6 Å². The van der Waals surface area contributed by atoms with Crippen molar-refractivity contribution in [2.24, 2.45) is 5.92 Å². The van der Waals surface area contributed by atoms with Crippen LogP contribution >= 0.6 is 34.7 Å². The molecule has 0 spiro atoms. The number of nitrogens with zero attached hydrogens (tertiary/aromatic N) is 2. The molecule has 1 fully saturated rings. The van der Waals surface area contributed by atoms with Crippen molar-refractivity contribution >= 4 is 58.2 Å². The first-order valence-corrected chi connectivity index (χ1v) is 11.4. The Bertz CT molecular complexity index is 1110. The Kier molecular flexibility index (Phi) is 5.32. The van der Waals surface area contributed by atoms with Crippen LogP contribution in [0.15, 0.2) is 34.1 Å². The minimum Gasteiger partial charge on any atom is -0.465 e. The zero-order chi connectivity index (χ0) is 21.8. The standard InChI is InChI=1S/C20H19ClN2O5S2/c1-4-28-12(24)9-22-18-15(30-19(22)27)20(2,3)13-14(29-18)17(26)23(16(13)25)11-7-5-10(21)6-8-11/h5-8,13-14H,4,9H2,1-3H3. The van der Waals surface area contributed by atoms with Crippen molar-refractivity contribution < 1.29 is 19.1 Å². The summed E-state index contributed by atoms with van der Waals surface area (Å²) in [6, 6.07) is 6.54. The molecule has 2 aliphatic rings. The van der Waals surface area contributed by atoms with Gasteiger partial charge in [-0.05, 0) is 31.2 Å². The number of fused-ring (bicyclic) bond motifs is 2. The van der Waals surface area contributed by atoms with Gasteiger partial charge in [-0.3, -0.25) is 23.7 Å². The van der Waals surface area contributed by atoms with Crippen LogP contribution in [0.5, 0.6) is 0 Å². The fourth-order valence-electron chi connectivity index (χ4n) is 3.95. The number of halogens is 1. The van der Waals surface area contributed by atoms with E-state index in [1.165, 1.54) is 21.2 Å². The number of thioether (sulfide) groups is 1. The first-order chi connectivity index (χ1) is 14.2. The Hall–Kier alpha value is -2.10. The summed E-state index contributed by atoms with van der Waals surface area (Å²) >= 11 is 8.13. The molecule has 1 aromatic carbocycles. The van der Waals surface area contributed by atoms with Crippen molar-refractivity contribution in [1.82, 2.24) is 4.57 Å². The topological polar surface area (TPSA) is 85.7 Å². The van der Waals surface area contributed by atoms with Gasteiger partial charge >= 0.3 is 10.8 Å². The second kappa shape index (κ2) is 7.55. The number of anilines is 1. The number of hydrogen-bond donors (Lipinski definition) is 0. The van der Waals surface area contributed by atoms with Gasteiger partial charge in [0.25, 0.3) is 0 Å². The highest BCUT2D eigenvalue weighted by atomic mass is 35.5. The lowest BCUT2D eigenvalue weighted by Crippen LogP contribution is -2.41. The average molecular weight is 467 g/mol. The third kappa shape index (κ3) is 3.19. The highest BCUT2D eigenvalue weighted by Crippen LogP contribution is 2.54. The highest BCUT2D eigenvalue weighted by molar-refractivity contribution is 8.00. The molecule has 0 bridgehead atoms. The van der Waals surface area contributed by atoms with E-state index in [4.69, 9.17) is 16.3 Å². The molecule has 4 rings (SSSR count). The van der Waals surface area contributed by atoms with E-state index in [9.17, 15) is 19.2 Å². The van der Waals surface area contributed by atoms with E-state index in [0.717, 1.165) is 11.3 Å². The van der Waals surface area contributed by atoms with Gasteiger partial charge in [0.2, 0.25) is 11.8 Å². The van der Waals surface area contributed by atoms with Gasteiger partial charge in [-0.15, -0.1) is 0 Å². The molecule has 0 N–H and O–H groups in total. The normalized spacial score (nSPS) is 22.1. The average Bonchev–Trinajstić information content (AvgIpc) is 3.12. The first-order valence-electron chi connectivity index (χ1n) is 9.36. The maximum absolute atomic E-state index is 13.3. The van der Waals surface area contributed by atoms with Gasteiger partial charge in [-0.25, -0.2) is 4.90 Å². The second-order valence-electron chi connectivity index (χ2n) is 7.62. The molecule has 1 saturated heterocycles. The van der Waals surface area contributed by atoms with Crippen molar-refractivity contribution in [1.29, 1.82) is 0 Å².